The molecule has 4 heteroatoms. The summed E-state index contributed by atoms with van der Waals surface area (Å²) in [7, 11) is 0. The first-order valence-corrected chi connectivity index (χ1v) is 8.63. The molecule has 0 saturated heterocycles. The Bertz CT molecular complexity index is 688. The van der Waals surface area contributed by atoms with Gasteiger partial charge in [0, 0.05) is 5.75 Å². The molecule has 3 aromatic rings. The summed E-state index contributed by atoms with van der Waals surface area (Å²) < 4.78 is 5.76. The number of aryl methyl sites for hydroxylation is 1. The summed E-state index contributed by atoms with van der Waals surface area (Å²) in [4.78, 5) is 7.88. The molecule has 0 atom stereocenters. The van der Waals surface area contributed by atoms with E-state index >= 15 is 0 Å². The maximum Gasteiger partial charge on any atom is 0.166 e. The van der Waals surface area contributed by atoms with E-state index in [0.717, 1.165) is 47.1 Å². The van der Waals surface area contributed by atoms with Crippen LogP contribution in [0.2, 0.25) is 0 Å². The number of para-hydroxylation sites is 2. The van der Waals surface area contributed by atoms with Crippen LogP contribution in [-0.4, -0.2) is 22.3 Å². The third kappa shape index (κ3) is 3.83. The Hall–Kier alpha value is -1.94. The second-order valence-corrected chi connectivity index (χ2v) is 6.19. The van der Waals surface area contributed by atoms with Gasteiger partial charge in [0.25, 0.3) is 0 Å². The van der Waals surface area contributed by atoms with E-state index in [1.165, 1.54) is 5.56 Å². The second kappa shape index (κ2) is 7.36. The molecule has 0 spiro atoms. The number of hydrogen-bond acceptors (Lipinski definition) is 3. The predicted molar refractivity (Wildman–Crippen MR) is 92.7 cm³/mol. The number of imidazole rings is 1. The Morgan fingerprint density at radius 3 is 2.68 bits per heavy atom. The zero-order valence-electron chi connectivity index (χ0n) is 12.7. The van der Waals surface area contributed by atoms with E-state index in [9.17, 15) is 0 Å². The maximum atomic E-state index is 5.76. The van der Waals surface area contributed by atoms with Crippen LogP contribution in [0.25, 0.3) is 11.0 Å². The molecule has 1 heterocycles. The average molecular weight is 312 g/mol. The molecule has 2 aromatic carbocycles. The van der Waals surface area contributed by atoms with Crippen molar-refractivity contribution in [3.8, 4) is 5.75 Å². The van der Waals surface area contributed by atoms with Crippen molar-refractivity contribution in [2.45, 2.75) is 24.9 Å². The molecule has 0 amide bonds. The van der Waals surface area contributed by atoms with Gasteiger partial charge in [-0.05, 0) is 42.7 Å². The number of thioether (sulfide) groups is 1. The Kier molecular flexibility index (Phi) is 5.01. The molecule has 0 saturated carbocycles. The Morgan fingerprint density at radius 1 is 1.09 bits per heavy atom. The van der Waals surface area contributed by atoms with Crippen molar-refractivity contribution in [1.82, 2.24) is 9.97 Å². The minimum Gasteiger partial charge on any atom is -0.494 e. The number of nitrogens with zero attached hydrogens (tertiary/aromatic N) is 1. The van der Waals surface area contributed by atoms with Crippen molar-refractivity contribution in [2.24, 2.45) is 0 Å². The van der Waals surface area contributed by atoms with Crippen molar-refractivity contribution in [3.05, 3.63) is 54.1 Å². The summed E-state index contributed by atoms with van der Waals surface area (Å²) in [6.07, 6.45) is 2.06. The molecule has 0 unspecified atom stereocenters. The van der Waals surface area contributed by atoms with Crippen LogP contribution < -0.4 is 4.74 Å². The van der Waals surface area contributed by atoms with Gasteiger partial charge in [0.05, 0.1) is 17.6 Å². The predicted octanol–water partition coefficient (Wildman–Crippen LogP) is 4.69. The lowest BCUT2D eigenvalue weighted by atomic mass is 10.2. The fourth-order valence-corrected chi connectivity index (χ4v) is 3.04. The Labute approximate surface area is 135 Å². The zero-order valence-corrected chi connectivity index (χ0v) is 13.5. The number of H-pyrrole nitrogens is 1. The van der Waals surface area contributed by atoms with Crippen molar-refractivity contribution < 1.29 is 4.74 Å². The zero-order chi connectivity index (χ0) is 15.2. The molecular formula is C18H20N2OS. The molecular weight excluding hydrogens is 292 g/mol. The number of rotatable bonds is 7. The van der Waals surface area contributed by atoms with Crippen LogP contribution in [0.3, 0.4) is 0 Å². The van der Waals surface area contributed by atoms with Gasteiger partial charge in [-0.1, -0.05) is 43.0 Å². The minimum atomic E-state index is 0.735. The Morgan fingerprint density at radius 2 is 1.91 bits per heavy atom. The highest BCUT2D eigenvalue weighted by atomic mass is 32.2. The molecule has 3 rings (SSSR count). The quantitative estimate of drug-likeness (QED) is 0.508. The van der Waals surface area contributed by atoms with Crippen molar-refractivity contribution >= 4 is 22.8 Å². The molecule has 0 bridgehead atoms. The highest BCUT2D eigenvalue weighted by molar-refractivity contribution is 7.99. The van der Waals surface area contributed by atoms with Crippen LogP contribution in [-0.2, 0) is 6.42 Å². The second-order valence-electron chi connectivity index (χ2n) is 5.11. The fourth-order valence-electron chi connectivity index (χ4n) is 2.24. The lowest BCUT2D eigenvalue weighted by Gasteiger charge is -2.06. The summed E-state index contributed by atoms with van der Waals surface area (Å²) >= 11 is 1.74. The summed E-state index contributed by atoms with van der Waals surface area (Å²) in [6, 6.07) is 16.4. The van der Waals surface area contributed by atoms with E-state index < -0.39 is 0 Å². The van der Waals surface area contributed by atoms with Gasteiger partial charge in [0.2, 0.25) is 0 Å². The van der Waals surface area contributed by atoms with Gasteiger partial charge in [-0.15, -0.1) is 0 Å². The summed E-state index contributed by atoms with van der Waals surface area (Å²) in [6.45, 7) is 2.89. The highest BCUT2D eigenvalue weighted by Gasteiger charge is 2.02. The largest absolute Gasteiger partial charge is 0.494 e. The molecule has 0 radical (unpaired) electrons. The SMILES string of the molecule is CCc1ccc(OCCCSc2nc3ccccc3[nH]2)cc1. The fraction of sp³-hybridized carbons (Fsp3) is 0.278. The van der Waals surface area contributed by atoms with Gasteiger partial charge in [0.15, 0.2) is 5.16 Å². The summed E-state index contributed by atoms with van der Waals surface area (Å²) in [5.74, 6) is 1.94. The molecule has 114 valence electrons. The van der Waals surface area contributed by atoms with E-state index in [1.54, 1.807) is 11.8 Å². The third-order valence-electron chi connectivity index (χ3n) is 3.50. The number of benzene rings is 2. The van der Waals surface area contributed by atoms with Gasteiger partial charge in [-0.2, -0.15) is 0 Å². The van der Waals surface area contributed by atoms with Gasteiger partial charge in [-0.25, -0.2) is 4.98 Å². The number of ether oxygens (including phenoxy) is 1. The summed E-state index contributed by atoms with van der Waals surface area (Å²) in [5.41, 5.74) is 3.46. The normalized spacial score (nSPS) is 11.0. The topological polar surface area (TPSA) is 37.9 Å². The first-order valence-electron chi connectivity index (χ1n) is 7.64. The van der Waals surface area contributed by atoms with E-state index in [4.69, 9.17) is 4.74 Å². The maximum absolute atomic E-state index is 5.76. The molecule has 0 aliphatic rings. The minimum absolute atomic E-state index is 0.735. The van der Waals surface area contributed by atoms with Gasteiger partial charge in [0.1, 0.15) is 5.75 Å². The molecule has 0 fully saturated rings. The first kappa shape index (κ1) is 15.0. The monoisotopic (exact) mass is 312 g/mol. The molecule has 1 aromatic heterocycles. The number of fused-ring (bicyclic) bond motifs is 1. The van der Waals surface area contributed by atoms with Gasteiger partial charge >= 0.3 is 0 Å². The first-order chi connectivity index (χ1) is 10.8. The van der Waals surface area contributed by atoms with Crippen molar-refractivity contribution in [2.75, 3.05) is 12.4 Å². The standard InChI is InChI=1S/C18H20N2OS/c1-2-14-8-10-15(11-9-14)21-12-5-13-22-18-19-16-6-3-4-7-17(16)20-18/h3-4,6-11H,2,5,12-13H2,1H3,(H,19,20). The van der Waals surface area contributed by atoms with E-state index in [2.05, 4.69) is 35.1 Å². The molecule has 0 aliphatic carbocycles. The van der Waals surface area contributed by atoms with Crippen molar-refractivity contribution in [1.29, 1.82) is 0 Å². The lowest BCUT2D eigenvalue weighted by molar-refractivity contribution is 0.318. The molecule has 22 heavy (non-hydrogen) atoms. The third-order valence-corrected chi connectivity index (χ3v) is 4.46. The van der Waals surface area contributed by atoms with Crippen LogP contribution in [0, 0.1) is 0 Å². The molecule has 3 nitrogen and oxygen atoms in total. The highest BCUT2D eigenvalue weighted by Crippen LogP contribution is 2.20. The van der Waals surface area contributed by atoms with Crippen LogP contribution in [0.15, 0.2) is 53.7 Å². The smallest absolute Gasteiger partial charge is 0.166 e. The molecule has 0 aliphatic heterocycles. The van der Waals surface area contributed by atoms with Crippen LogP contribution >= 0.6 is 11.8 Å². The molecule has 1 N–H and O–H groups in total. The Balaban J connectivity index is 1.41. The van der Waals surface area contributed by atoms with Gasteiger partial charge < -0.3 is 9.72 Å². The average Bonchev–Trinajstić information content (AvgIpc) is 2.98. The number of aromatic nitrogens is 2. The van der Waals surface area contributed by atoms with Gasteiger partial charge in [-0.3, -0.25) is 0 Å². The van der Waals surface area contributed by atoms with E-state index in [1.807, 2.05) is 30.3 Å². The van der Waals surface area contributed by atoms with Crippen LogP contribution in [0.4, 0.5) is 0 Å². The number of nitrogens with one attached hydrogen (secondary N) is 1. The van der Waals surface area contributed by atoms with Crippen LogP contribution in [0.1, 0.15) is 18.9 Å². The number of hydrogen-bond donors (Lipinski definition) is 1. The lowest BCUT2D eigenvalue weighted by Crippen LogP contribution is -1.98. The van der Waals surface area contributed by atoms with E-state index in [0.29, 0.717) is 0 Å². The van der Waals surface area contributed by atoms with Crippen LogP contribution in [0.5, 0.6) is 5.75 Å². The summed E-state index contributed by atoms with van der Waals surface area (Å²) in [5, 5.41) is 0.980. The van der Waals surface area contributed by atoms with E-state index in [-0.39, 0.29) is 0 Å². The number of aromatic amines is 1. The van der Waals surface area contributed by atoms with Crippen molar-refractivity contribution in [3.63, 3.8) is 0 Å².